The van der Waals surface area contributed by atoms with E-state index in [4.69, 9.17) is 9.84 Å². The Morgan fingerprint density at radius 1 is 1.28 bits per heavy atom. The number of aliphatic hydroxyl groups is 3. The molecule has 6 nitrogen and oxygen atoms in total. The van der Waals surface area contributed by atoms with Crippen molar-refractivity contribution in [3.8, 4) is 0 Å². The topological polar surface area (TPSA) is 87.7 Å². The highest BCUT2D eigenvalue weighted by molar-refractivity contribution is 5.78. The molecule has 0 aliphatic carbocycles. The fourth-order valence-electron chi connectivity index (χ4n) is 2.34. The number of nitrogens with zero attached hydrogens (tertiary/aromatic N) is 2. The van der Waals surface area contributed by atoms with Gasteiger partial charge in [0, 0.05) is 24.0 Å². The lowest BCUT2D eigenvalue weighted by atomic mass is 10.1. The van der Waals surface area contributed by atoms with Gasteiger partial charge in [-0.1, -0.05) is 0 Å². The van der Waals surface area contributed by atoms with E-state index in [2.05, 4.69) is 4.98 Å². The predicted octanol–water partition coefficient (Wildman–Crippen LogP) is -0.352. The molecule has 4 atom stereocenters. The monoisotopic (exact) mass is 250 g/mol. The van der Waals surface area contributed by atoms with Crippen molar-refractivity contribution in [2.24, 2.45) is 0 Å². The van der Waals surface area contributed by atoms with E-state index in [1.54, 1.807) is 23.2 Å². The van der Waals surface area contributed by atoms with E-state index in [1.165, 1.54) is 0 Å². The summed E-state index contributed by atoms with van der Waals surface area (Å²) in [6.45, 7) is -0.324. The van der Waals surface area contributed by atoms with Crippen LogP contribution in [0.3, 0.4) is 0 Å². The van der Waals surface area contributed by atoms with E-state index in [0.29, 0.717) is 0 Å². The molecule has 1 saturated heterocycles. The molecule has 1 aliphatic rings. The van der Waals surface area contributed by atoms with Crippen molar-refractivity contribution in [2.75, 3.05) is 6.61 Å². The van der Waals surface area contributed by atoms with Crippen LogP contribution in [-0.4, -0.2) is 49.8 Å². The van der Waals surface area contributed by atoms with Crippen LogP contribution in [0.25, 0.3) is 10.9 Å². The van der Waals surface area contributed by atoms with Crippen molar-refractivity contribution in [3.63, 3.8) is 0 Å². The fraction of sp³-hybridized carbons (Fsp3) is 0.417. The molecule has 0 radical (unpaired) electrons. The first kappa shape index (κ1) is 11.6. The zero-order valence-electron chi connectivity index (χ0n) is 9.55. The summed E-state index contributed by atoms with van der Waals surface area (Å²) < 4.78 is 7.22. The number of rotatable bonds is 2. The largest absolute Gasteiger partial charge is 0.394 e. The molecule has 1 fully saturated rings. The molecule has 2 unspecified atom stereocenters. The molecule has 0 spiro atoms. The fourth-order valence-corrected chi connectivity index (χ4v) is 2.34. The van der Waals surface area contributed by atoms with Crippen LogP contribution in [0, 0.1) is 0 Å². The summed E-state index contributed by atoms with van der Waals surface area (Å²) in [6, 6.07) is 3.67. The second kappa shape index (κ2) is 4.33. The maximum Gasteiger partial charge on any atom is 0.163 e. The molecule has 3 rings (SSSR count). The minimum absolute atomic E-state index is 0.324. The van der Waals surface area contributed by atoms with E-state index in [1.807, 2.05) is 12.1 Å². The number of aliphatic hydroxyl groups excluding tert-OH is 3. The molecule has 2 aromatic rings. The van der Waals surface area contributed by atoms with Gasteiger partial charge in [0.1, 0.15) is 18.3 Å². The van der Waals surface area contributed by atoms with Gasteiger partial charge in [0.25, 0.3) is 0 Å². The molecule has 3 N–H and O–H groups in total. The molecule has 18 heavy (non-hydrogen) atoms. The second-order valence-corrected chi connectivity index (χ2v) is 4.39. The van der Waals surface area contributed by atoms with Crippen LogP contribution in [0.1, 0.15) is 6.23 Å². The van der Waals surface area contributed by atoms with Crippen molar-refractivity contribution >= 4 is 10.9 Å². The Hall–Kier alpha value is -1.47. The van der Waals surface area contributed by atoms with Crippen molar-refractivity contribution < 1.29 is 20.1 Å². The summed E-state index contributed by atoms with van der Waals surface area (Å²) in [5.74, 6) is 0. The molecule has 2 aromatic heterocycles. The molecule has 0 saturated carbocycles. The first-order chi connectivity index (χ1) is 8.72. The lowest BCUT2D eigenvalue weighted by molar-refractivity contribution is -0.0506. The van der Waals surface area contributed by atoms with Gasteiger partial charge in [-0.3, -0.25) is 4.98 Å². The normalized spacial score (nSPS) is 32.2. The molecular formula is C12H14N2O4. The molecular weight excluding hydrogens is 236 g/mol. The highest BCUT2D eigenvalue weighted by Crippen LogP contribution is 2.32. The third kappa shape index (κ3) is 1.62. The van der Waals surface area contributed by atoms with Crippen LogP contribution < -0.4 is 0 Å². The van der Waals surface area contributed by atoms with Gasteiger partial charge in [0.05, 0.1) is 12.1 Å². The summed E-state index contributed by atoms with van der Waals surface area (Å²) in [7, 11) is 0. The quantitative estimate of drug-likeness (QED) is 0.678. The van der Waals surface area contributed by atoms with E-state index < -0.39 is 24.5 Å². The number of hydrogen-bond donors (Lipinski definition) is 3. The van der Waals surface area contributed by atoms with Crippen molar-refractivity contribution in [1.82, 2.24) is 9.55 Å². The first-order valence-electron chi connectivity index (χ1n) is 5.75. The Morgan fingerprint density at radius 3 is 2.83 bits per heavy atom. The summed E-state index contributed by atoms with van der Waals surface area (Å²) in [4.78, 5) is 4.01. The third-order valence-electron chi connectivity index (χ3n) is 3.31. The van der Waals surface area contributed by atoms with Crippen LogP contribution in [0.4, 0.5) is 0 Å². The van der Waals surface area contributed by atoms with Gasteiger partial charge in [-0.05, 0) is 12.1 Å². The summed E-state index contributed by atoms with van der Waals surface area (Å²) in [6.07, 6.45) is 1.53. The van der Waals surface area contributed by atoms with Crippen LogP contribution in [0.5, 0.6) is 0 Å². The Labute approximate surface area is 103 Å². The summed E-state index contributed by atoms with van der Waals surface area (Å²) in [5.41, 5.74) is 0.861. The number of pyridine rings is 1. The Morgan fingerprint density at radius 2 is 2.11 bits per heavy atom. The van der Waals surface area contributed by atoms with Crippen LogP contribution >= 0.6 is 0 Å². The Bertz CT molecular complexity index is 556. The second-order valence-electron chi connectivity index (χ2n) is 4.39. The molecule has 96 valence electrons. The number of ether oxygens (including phenoxy) is 1. The SMILES string of the molecule is OC[C@H]1O[C@@H](n2ccc3cnccc32)C(O)C1O. The van der Waals surface area contributed by atoms with Crippen LogP contribution in [-0.2, 0) is 4.74 Å². The van der Waals surface area contributed by atoms with E-state index >= 15 is 0 Å². The average molecular weight is 250 g/mol. The lowest BCUT2D eigenvalue weighted by Crippen LogP contribution is -2.33. The zero-order valence-corrected chi connectivity index (χ0v) is 9.55. The molecule has 3 heterocycles. The summed E-state index contributed by atoms with van der Waals surface area (Å²) >= 11 is 0. The first-order valence-corrected chi connectivity index (χ1v) is 5.75. The molecule has 0 bridgehead atoms. The molecule has 0 aromatic carbocycles. The highest BCUT2D eigenvalue weighted by atomic mass is 16.6. The zero-order chi connectivity index (χ0) is 12.7. The van der Waals surface area contributed by atoms with Crippen LogP contribution in [0.2, 0.25) is 0 Å². The minimum Gasteiger partial charge on any atom is -0.394 e. The predicted molar refractivity (Wildman–Crippen MR) is 62.7 cm³/mol. The smallest absolute Gasteiger partial charge is 0.163 e. The number of hydrogen-bond acceptors (Lipinski definition) is 5. The third-order valence-corrected chi connectivity index (χ3v) is 3.31. The van der Waals surface area contributed by atoms with Gasteiger partial charge >= 0.3 is 0 Å². The minimum atomic E-state index is -1.08. The van der Waals surface area contributed by atoms with Crippen molar-refractivity contribution in [3.05, 3.63) is 30.7 Å². The van der Waals surface area contributed by atoms with Crippen molar-refractivity contribution in [2.45, 2.75) is 24.5 Å². The van der Waals surface area contributed by atoms with Crippen LogP contribution in [0.15, 0.2) is 30.7 Å². The average Bonchev–Trinajstić information content (AvgIpc) is 2.93. The number of fused-ring (bicyclic) bond motifs is 1. The van der Waals surface area contributed by atoms with Gasteiger partial charge in [0.2, 0.25) is 0 Å². The molecule has 0 amide bonds. The Kier molecular flexibility index (Phi) is 2.79. The van der Waals surface area contributed by atoms with Gasteiger partial charge in [-0.2, -0.15) is 0 Å². The summed E-state index contributed by atoms with van der Waals surface area (Å²) in [5, 5.41) is 29.7. The maximum absolute atomic E-state index is 9.97. The standard InChI is InChI=1S/C12H14N2O4/c15-6-9-10(16)11(17)12(18-9)14-4-2-7-5-13-3-1-8(7)14/h1-5,9-12,15-17H,6H2/t9-,10?,11?,12-/m1/s1. The molecule has 6 heteroatoms. The number of aromatic nitrogens is 2. The molecule has 1 aliphatic heterocycles. The maximum atomic E-state index is 9.97. The Balaban J connectivity index is 2.00. The van der Waals surface area contributed by atoms with Gasteiger partial charge in [0.15, 0.2) is 6.23 Å². The van der Waals surface area contributed by atoms with Crippen molar-refractivity contribution in [1.29, 1.82) is 0 Å². The van der Waals surface area contributed by atoms with E-state index in [-0.39, 0.29) is 6.61 Å². The van der Waals surface area contributed by atoms with Gasteiger partial charge < -0.3 is 24.6 Å². The highest BCUT2D eigenvalue weighted by Gasteiger charge is 2.43. The van der Waals surface area contributed by atoms with E-state index in [9.17, 15) is 10.2 Å². The lowest BCUT2D eigenvalue weighted by Gasteiger charge is -2.17. The van der Waals surface area contributed by atoms with Gasteiger partial charge in [-0.25, -0.2) is 0 Å². The van der Waals surface area contributed by atoms with Gasteiger partial charge in [-0.15, -0.1) is 0 Å². The van der Waals surface area contributed by atoms with E-state index in [0.717, 1.165) is 10.9 Å².